The fourth-order valence-corrected chi connectivity index (χ4v) is 4.21. The molecule has 2 aromatic heterocycles. The molecule has 28 heavy (non-hydrogen) atoms. The molecule has 0 amide bonds. The SMILES string of the molecule is Cc1cc(C)c2nc(C3CC3)n(Cc3ccc(-c4ccccc4S)cc3)c2n1. The highest BCUT2D eigenvalue weighted by Crippen LogP contribution is 2.41. The van der Waals surface area contributed by atoms with Crippen molar-refractivity contribution in [2.75, 3.05) is 0 Å². The van der Waals surface area contributed by atoms with Crippen molar-refractivity contribution in [2.24, 2.45) is 0 Å². The topological polar surface area (TPSA) is 30.7 Å². The summed E-state index contributed by atoms with van der Waals surface area (Å²) in [5.41, 5.74) is 7.95. The van der Waals surface area contributed by atoms with Crippen LogP contribution in [-0.2, 0) is 6.54 Å². The average Bonchev–Trinajstić information content (AvgIpc) is 3.46. The van der Waals surface area contributed by atoms with Crippen molar-refractivity contribution in [3.8, 4) is 11.1 Å². The van der Waals surface area contributed by atoms with Crippen molar-refractivity contribution >= 4 is 23.8 Å². The molecule has 3 nitrogen and oxygen atoms in total. The normalized spacial score (nSPS) is 14.0. The zero-order chi connectivity index (χ0) is 19.3. The molecule has 1 aliphatic carbocycles. The van der Waals surface area contributed by atoms with Crippen LogP contribution in [0.25, 0.3) is 22.3 Å². The van der Waals surface area contributed by atoms with Gasteiger partial charge in [0, 0.05) is 16.5 Å². The van der Waals surface area contributed by atoms with Gasteiger partial charge in [-0.1, -0.05) is 42.5 Å². The lowest BCUT2D eigenvalue weighted by Gasteiger charge is -2.10. The first kappa shape index (κ1) is 17.5. The lowest BCUT2D eigenvalue weighted by molar-refractivity contribution is 0.739. The molecule has 0 aliphatic heterocycles. The Labute approximate surface area is 170 Å². The summed E-state index contributed by atoms with van der Waals surface area (Å²) in [6.45, 7) is 5.00. The molecular formula is C24H23N3S. The molecule has 2 aromatic carbocycles. The third-order valence-electron chi connectivity index (χ3n) is 5.50. The number of rotatable bonds is 4. The van der Waals surface area contributed by atoms with Gasteiger partial charge in [0.25, 0.3) is 0 Å². The number of thiol groups is 1. The first-order valence-corrected chi connectivity index (χ1v) is 10.3. The molecule has 4 aromatic rings. The Bertz CT molecular complexity index is 1170. The van der Waals surface area contributed by atoms with E-state index in [9.17, 15) is 0 Å². The number of aromatic nitrogens is 3. The van der Waals surface area contributed by atoms with Crippen LogP contribution in [-0.4, -0.2) is 14.5 Å². The highest BCUT2D eigenvalue weighted by Gasteiger charge is 2.30. The van der Waals surface area contributed by atoms with Crippen LogP contribution in [0.15, 0.2) is 59.5 Å². The Balaban J connectivity index is 1.53. The Morgan fingerprint density at radius 3 is 2.46 bits per heavy atom. The van der Waals surface area contributed by atoms with Crippen LogP contribution in [0.4, 0.5) is 0 Å². The van der Waals surface area contributed by atoms with Gasteiger partial charge in [-0.25, -0.2) is 9.97 Å². The van der Waals surface area contributed by atoms with E-state index < -0.39 is 0 Å². The van der Waals surface area contributed by atoms with Gasteiger partial charge in [0.15, 0.2) is 5.65 Å². The van der Waals surface area contributed by atoms with Gasteiger partial charge in [0.2, 0.25) is 0 Å². The summed E-state index contributed by atoms with van der Waals surface area (Å²) >= 11 is 4.59. The summed E-state index contributed by atoms with van der Waals surface area (Å²) in [6, 6.07) is 19.1. The lowest BCUT2D eigenvalue weighted by atomic mass is 10.0. The number of fused-ring (bicyclic) bond motifs is 1. The van der Waals surface area contributed by atoms with Gasteiger partial charge in [0.05, 0.1) is 6.54 Å². The molecule has 0 radical (unpaired) electrons. The second kappa shape index (κ2) is 6.78. The summed E-state index contributed by atoms with van der Waals surface area (Å²) in [7, 11) is 0. The van der Waals surface area contributed by atoms with E-state index in [0.717, 1.165) is 33.9 Å². The number of aryl methyl sites for hydroxylation is 2. The number of imidazole rings is 1. The molecule has 4 heteroatoms. The Hall–Kier alpha value is -2.59. The van der Waals surface area contributed by atoms with Gasteiger partial charge in [0.1, 0.15) is 11.3 Å². The van der Waals surface area contributed by atoms with E-state index >= 15 is 0 Å². The first-order valence-electron chi connectivity index (χ1n) is 9.82. The van der Waals surface area contributed by atoms with Gasteiger partial charge in [-0.05, 0) is 61.1 Å². The maximum atomic E-state index is 4.98. The van der Waals surface area contributed by atoms with Crippen molar-refractivity contribution < 1.29 is 0 Å². The molecule has 0 atom stereocenters. The van der Waals surface area contributed by atoms with Crippen molar-refractivity contribution in [1.82, 2.24) is 14.5 Å². The molecule has 0 bridgehead atoms. The van der Waals surface area contributed by atoms with Gasteiger partial charge in [-0.3, -0.25) is 0 Å². The zero-order valence-electron chi connectivity index (χ0n) is 16.2. The van der Waals surface area contributed by atoms with E-state index in [2.05, 4.69) is 73.5 Å². The Morgan fingerprint density at radius 2 is 1.75 bits per heavy atom. The van der Waals surface area contributed by atoms with E-state index in [1.54, 1.807) is 0 Å². The summed E-state index contributed by atoms with van der Waals surface area (Å²) in [5.74, 6) is 1.78. The summed E-state index contributed by atoms with van der Waals surface area (Å²) < 4.78 is 2.33. The zero-order valence-corrected chi connectivity index (χ0v) is 17.1. The van der Waals surface area contributed by atoms with Crippen LogP contribution >= 0.6 is 12.6 Å². The van der Waals surface area contributed by atoms with Crippen molar-refractivity contribution in [2.45, 2.75) is 44.0 Å². The van der Waals surface area contributed by atoms with Crippen LogP contribution < -0.4 is 0 Å². The molecule has 0 saturated heterocycles. The molecule has 0 unspecified atom stereocenters. The predicted octanol–water partition coefficient (Wildman–Crippen LogP) is 5.93. The van der Waals surface area contributed by atoms with Crippen molar-refractivity contribution in [3.63, 3.8) is 0 Å². The van der Waals surface area contributed by atoms with Gasteiger partial charge >= 0.3 is 0 Å². The molecule has 1 aliphatic rings. The van der Waals surface area contributed by atoms with E-state index in [0.29, 0.717) is 5.92 Å². The molecule has 5 rings (SSSR count). The third-order valence-corrected chi connectivity index (χ3v) is 5.89. The minimum absolute atomic E-state index is 0.587. The van der Waals surface area contributed by atoms with Crippen LogP contribution in [0.2, 0.25) is 0 Å². The largest absolute Gasteiger partial charge is 0.308 e. The fourth-order valence-electron chi connectivity index (χ4n) is 3.92. The van der Waals surface area contributed by atoms with E-state index in [1.807, 2.05) is 12.1 Å². The molecule has 0 N–H and O–H groups in total. The van der Waals surface area contributed by atoms with Gasteiger partial charge < -0.3 is 4.57 Å². The van der Waals surface area contributed by atoms with Gasteiger partial charge in [-0.2, -0.15) is 0 Å². The quantitative estimate of drug-likeness (QED) is 0.441. The molecule has 1 saturated carbocycles. The molecule has 140 valence electrons. The predicted molar refractivity (Wildman–Crippen MR) is 117 cm³/mol. The van der Waals surface area contributed by atoms with Gasteiger partial charge in [-0.15, -0.1) is 12.6 Å². The second-order valence-electron chi connectivity index (χ2n) is 7.80. The monoisotopic (exact) mass is 385 g/mol. The fraction of sp³-hybridized carbons (Fsp3) is 0.250. The summed E-state index contributed by atoms with van der Waals surface area (Å²) in [4.78, 5) is 10.8. The maximum absolute atomic E-state index is 4.98. The Kier molecular flexibility index (Phi) is 4.24. The Morgan fingerprint density at radius 1 is 1.00 bits per heavy atom. The first-order chi connectivity index (χ1) is 13.6. The van der Waals surface area contributed by atoms with Crippen molar-refractivity contribution in [3.05, 3.63) is 77.2 Å². The minimum atomic E-state index is 0.587. The average molecular weight is 386 g/mol. The van der Waals surface area contributed by atoms with Crippen LogP contribution in [0, 0.1) is 13.8 Å². The van der Waals surface area contributed by atoms with E-state index in [4.69, 9.17) is 9.97 Å². The molecule has 0 spiro atoms. The van der Waals surface area contributed by atoms with E-state index in [-0.39, 0.29) is 0 Å². The molecule has 1 fully saturated rings. The van der Waals surface area contributed by atoms with Crippen LogP contribution in [0.3, 0.4) is 0 Å². The number of hydrogen-bond acceptors (Lipinski definition) is 3. The number of hydrogen-bond donors (Lipinski definition) is 1. The number of nitrogens with zero attached hydrogens (tertiary/aromatic N) is 3. The lowest BCUT2D eigenvalue weighted by Crippen LogP contribution is -2.05. The second-order valence-corrected chi connectivity index (χ2v) is 8.28. The van der Waals surface area contributed by atoms with Crippen LogP contribution in [0.5, 0.6) is 0 Å². The molecular weight excluding hydrogens is 362 g/mol. The maximum Gasteiger partial charge on any atom is 0.160 e. The number of benzene rings is 2. The third kappa shape index (κ3) is 3.12. The summed E-state index contributed by atoms with van der Waals surface area (Å²) in [5, 5.41) is 0. The standard InChI is InChI=1S/C24H23N3S/c1-15-13-16(2)25-24-22(15)26-23(19-11-12-19)27(24)14-17-7-9-18(10-8-17)20-5-3-4-6-21(20)28/h3-10,13,19,28H,11-12,14H2,1-2H3. The minimum Gasteiger partial charge on any atom is -0.308 e. The highest BCUT2D eigenvalue weighted by molar-refractivity contribution is 7.80. The smallest absolute Gasteiger partial charge is 0.160 e. The molecule has 2 heterocycles. The van der Waals surface area contributed by atoms with Crippen molar-refractivity contribution in [1.29, 1.82) is 0 Å². The highest BCUT2D eigenvalue weighted by atomic mass is 32.1. The van der Waals surface area contributed by atoms with E-state index in [1.165, 1.54) is 35.4 Å². The number of pyridine rings is 1. The van der Waals surface area contributed by atoms with Crippen LogP contribution in [0.1, 0.15) is 41.4 Å². The summed E-state index contributed by atoms with van der Waals surface area (Å²) in [6.07, 6.45) is 2.47.